The third kappa shape index (κ3) is 2.17. The largest absolute Gasteiger partial charge is 0.485 e. The molecule has 0 aromatic heterocycles. The van der Waals surface area contributed by atoms with Crippen LogP contribution in [0.3, 0.4) is 0 Å². The van der Waals surface area contributed by atoms with Crippen LogP contribution in [0.15, 0.2) is 60.9 Å². The second-order valence-electron chi connectivity index (χ2n) is 4.91. The highest BCUT2D eigenvalue weighted by atomic mass is 16.6. The van der Waals surface area contributed by atoms with Crippen molar-refractivity contribution >= 4 is 11.6 Å². The maximum Gasteiger partial charge on any atom is 0.217 e. The second kappa shape index (κ2) is 5.02. The highest BCUT2D eigenvalue weighted by Crippen LogP contribution is 2.39. The average molecular weight is 276 g/mol. The van der Waals surface area contributed by atoms with E-state index in [9.17, 15) is 0 Å². The van der Waals surface area contributed by atoms with Crippen LogP contribution < -0.4 is 14.8 Å². The van der Waals surface area contributed by atoms with Crippen LogP contribution in [0.1, 0.15) is 11.1 Å². The summed E-state index contributed by atoms with van der Waals surface area (Å²) in [6, 6.07) is 16.0. The van der Waals surface area contributed by atoms with Gasteiger partial charge < -0.3 is 14.8 Å². The standard InChI is InChI=1S/C18H14NO2/c1-2-6-14-13(5-1)9-10-19-11-15(14)18-12-20-16-7-3-4-8-17(16)21-18/h1-11,19H,12H2. The van der Waals surface area contributed by atoms with Crippen molar-refractivity contribution in [3.05, 3.63) is 78.2 Å². The SMILES string of the molecule is C1=Cc2ccccc2C([C]2COc3ccccc3O2)=CN1. The van der Waals surface area contributed by atoms with Gasteiger partial charge in [-0.15, -0.1) is 0 Å². The fourth-order valence-electron chi connectivity index (χ4n) is 2.56. The molecule has 0 bridgehead atoms. The first-order chi connectivity index (χ1) is 10.4. The van der Waals surface area contributed by atoms with Gasteiger partial charge in [0.15, 0.2) is 11.5 Å². The molecule has 0 unspecified atom stereocenters. The number of fused-ring (bicyclic) bond motifs is 2. The number of para-hydroxylation sites is 2. The molecule has 0 fully saturated rings. The van der Waals surface area contributed by atoms with Gasteiger partial charge in [-0.1, -0.05) is 36.4 Å². The molecule has 0 saturated carbocycles. The Bertz CT molecular complexity index is 734. The summed E-state index contributed by atoms with van der Waals surface area (Å²) in [7, 11) is 0. The summed E-state index contributed by atoms with van der Waals surface area (Å²) in [5.41, 5.74) is 3.31. The van der Waals surface area contributed by atoms with E-state index in [1.54, 1.807) is 0 Å². The molecular formula is C18H14NO2. The maximum atomic E-state index is 6.04. The molecule has 0 aliphatic carbocycles. The third-order valence-corrected chi connectivity index (χ3v) is 3.58. The van der Waals surface area contributed by atoms with Crippen LogP contribution in [0.25, 0.3) is 11.6 Å². The molecule has 2 aliphatic rings. The first-order valence-corrected chi connectivity index (χ1v) is 6.90. The first kappa shape index (κ1) is 12.1. The maximum absolute atomic E-state index is 6.04. The molecule has 2 heterocycles. The average Bonchev–Trinajstić information content (AvgIpc) is 2.77. The summed E-state index contributed by atoms with van der Waals surface area (Å²) < 4.78 is 11.8. The molecule has 3 heteroatoms. The fourth-order valence-corrected chi connectivity index (χ4v) is 2.56. The van der Waals surface area contributed by atoms with Crippen LogP contribution >= 0.6 is 0 Å². The number of hydrogen-bond acceptors (Lipinski definition) is 3. The zero-order valence-electron chi connectivity index (χ0n) is 11.4. The Hall–Kier alpha value is -2.68. The summed E-state index contributed by atoms with van der Waals surface area (Å²) in [6.45, 7) is 0.429. The Morgan fingerprint density at radius 3 is 2.67 bits per heavy atom. The quantitative estimate of drug-likeness (QED) is 0.863. The highest BCUT2D eigenvalue weighted by Gasteiger charge is 2.28. The molecule has 21 heavy (non-hydrogen) atoms. The van der Waals surface area contributed by atoms with Gasteiger partial charge in [0.05, 0.1) is 0 Å². The van der Waals surface area contributed by atoms with E-state index in [1.807, 2.05) is 48.8 Å². The van der Waals surface area contributed by atoms with Gasteiger partial charge >= 0.3 is 0 Å². The highest BCUT2D eigenvalue weighted by molar-refractivity contribution is 5.82. The Morgan fingerprint density at radius 1 is 0.905 bits per heavy atom. The van der Waals surface area contributed by atoms with E-state index in [0.717, 1.165) is 34.3 Å². The lowest BCUT2D eigenvalue weighted by atomic mass is 9.96. The van der Waals surface area contributed by atoms with E-state index in [-0.39, 0.29) is 0 Å². The molecule has 2 aliphatic heterocycles. The van der Waals surface area contributed by atoms with Crippen LogP contribution in [0.2, 0.25) is 0 Å². The topological polar surface area (TPSA) is 30.5 Å². The molecule has 4 rings (SSSR count). The molecule has 2 aromatic rings. The van der Waals surface area contributed by atoms with Gasteiger partial charge in [0.1, 0.15) is 6.61 Å². The normalized spacial score (nSPS) is 16.5. The summed E-state index contributed by atoms with van der Waals surface area (Å²) in [4.78, 5) is 0. The van der Waals surface area contributed by atoms with E-state index in [1.165, 1.54) is 0 Å². The molecule has 1 radical (unpaired) electrons. The van der Waals surface area contributed by atoms with E-state index >= 15 is 0 Å². The van der Waals surface area contributed by atoms with Crippen molar-refractivity contribution in [2.24, 2.45) is 0 Å². The van der Waals surface area contributed by atoms with E-state index in [2.05, 4.69) is 23.5 Å². The van der Waals surface area contributed by atoms with Crippen LogP contribution in [0, 0.1) is 6.10 Å². The van der Waals surface area contributed by atoms with Gasteiger partial charge in [0.2, 0.25) is 6.10 Å². The van der Waals surface area contributed by atoms with Crippen molar-refractivity contribution < 1.29 is 9.47 Å². The Labute approximate surface area is 123 Å². The summed E-state index contributed by atoms with van der Waals surface area (Å²) >= 11 is 0. The lowest BCUT2D eigenvalue weighted by molar-refractivity contribution is 0.196. The molecule has 0 saturated heterocycles. The number of rotatable bonds is 1. The zero-order valence-corrected chi connectivity index (χ0v) is 11.4. The second-order valence-corrected chi connectivity index (χ2v) is 4.91. The van der Waals surface area contributed by atoms with Gasteiger partial charge in [-0.25, -0.2) is 0 Å². The lowest BCUT2D eigenvalue weighted by Crippen LogP contribution is -2.23. The van der Waals surface area contributed by atoms with Crippen LogP contribution in [0.5, 0.6) is 11.5 Å². The van der Waals surface area contributed by atoms with Gasteiger partial charge in [0.25, 0.3) is 0 Å². The predicted octanol–water partition coefficient (Wildman–Crippen LogP) is 3.60. The van der Waals surface area contributed by atoms with Gasteiger partial charge in [-0.3, -0.25) is 0 Å². The number of hydrogen-bond donors (Lipinski definition) is 1. The number of benzene rings is 2. The predicted molar refractivity (Wildman–Crippen MR) is 82.4 cm³/mol. The van der Waals surface area contributed by atoms with Crippen molar-refractivity contribution in [1.29, 1.82) is 0 Å². The summed E-state index contributed by atoms with van der Waals surface area (Å²) in [5, 5.41) is 3.17. The lowest BCUT2D eigenvalue weighted by Gasteiger charge is -2.27. The summed E-state index contributed by atoms with van der Waals surface area (Å²) in [5.74, 6) is 1.55. The fraction of sp³-hybridized carbons (Fsp3) is 0.0556. The third-order valence-electron chi connectivity index (χ3n) is 3.58. The monoisotopic (exact) mass is 276 g/mol. The van der Waals surface area contributed by atoms with E-state index < -0.39 is 0 Å². The first-order valence-electron chi connectivity index (χ1n) is 6.90. The molecule has 2 aromatic carbocycles. The molecule has 0 spiro atoms. The minimum Gasteiger partial charge on any atom is -0.485 e. The van der Waals surface area contributed by atoms with E-state index in [0.29, 0.717) is 6.61 Å². The van der Waals surface area contributed by atoms with Crippen molar-refractivity contribution in [3.63, 3.8) is 0 Å². The molecule has 0 atom stereocenters. The smallest absolute Gasteiger partial charge is 0.217 e. The van der Waals surface area contributed by atoms with Crippen molar-refractivity contribution in [2.75, 3.05) is 6.61 Å². The van der Waals surface area contributed by atoms with Gasteiger partial charge in [-0.05, 0) is 29.3 Å². The minimum atomic E-state index is 0.429. The van der Waals surface area contributed by atoms with Gasteiger partial charge in [0, 0.05) is 18.0 Å². The Morgan fingerprint density at radius 2 is 1.71 bits per heavy atom. The zero-order chi connectivity index (χ0) is 14.1. The van der Waals surface area contributed by atoms with Crippen molar-refractivity contribution in [2.45, 2.75) is 0 Å². The number of ether oxygens (including phenoxy) is 2. The Balaban J connectivity index is 1.71. The van der Waals surface area contributed by atoms with E-state index in [4.69, 9.17) is 9.47 Å². The van der Waals surface area contributed by atoms with Gasteiger partial charge in [-0.2, -0.15) is 0 Å². The van der Waals surface area contributed by atoms with Crippen LogP contribution in [0.4, 0.5) is 0 Å². The molecule has 3 nitrogen and oxygen atoms in total. The van der Waals surface area contributed by atoms with Crippen molar-refractivity contribution in [3.8, 4) is 11.5 Å². The molecule has 1 N–H and O–H groups in total. The molecule has 0 amide bonds. The van der Waals surface area contributed by atoms with Crippen LogP contribution in [-0.2, 0) is 0 Å². The molecular weight excluding hydrogens is 262 g/mol. The molecule has 103 valence electrons. The number of nitrogens with one attached hydrogen (secondary N) is 1. The Kier molecular flexibility index (Phi) is 2.89. The van der Waals surface area contributed by atoms with Crippen LogP contribution in [-0.4, -0.2) is 6.61 Å². The van der Waals surface area contributed by atoms with Crippen molar-refractivity contribution in [1.82, 2.24) is 5.32 Å². The summed E-state index contributed by atoms with van der Waals surface area (Å²) in [6.07, 6.45) is 6.74. The minimum absolute atomic E-state index is 0.429.